The van der Waals surface area contributed by atoms with Gasteiger partial charge in [-0.3, -0.25) is 13.7 Å². The van der Waals surface area contributed by atoms with Gasteiger partial charge in [-0.05, 0) is 18.2 Å². The minimum absolute atomic E-state index is 0.0418. The predicted octanol–water partition coefficient (Wildman–Crippen LogP) is 1.89. The molecule has 0 radical (unpaired) electrons. The highest BCUT2D eigenvalue weighted by molar-refractivity contribution is 9.10. The fourth-order valence-electron chi connectivity index (χ4n) is 2.68. The van der Waals surface area contributed by atoms with Gasteiger partial charge in [-0.25, -0.2) is 0 Å². The van der Waals surface area contributed by atoms with Gasteiger partial charge in [0.2, 0.25) is 0 Å². The van der Waals surface area contributed by atoms with Crippen molar-refractivity contribution < 1.29 is 13.7 Å². The molecule has 1 fully saturated rings. The summed E-state index contributed by atoms with van der Waals surface area (Å²) in [6.07, 6.45) is 3.59. The van der Waals surface area contributed by atoms with E-state index >= 15 is 0 Å². The van der Waals surface area contributed by atoms with Crippen LogP contribution >= 0.6 is 15.9 Å². The van der Waals surface area contributed by atoms with Gasteiger partial charge in [-0.2, -0.15) is 5.10 Å². The maximum absolute atomic E-state index is 12.6. The molecule has 1 aromatic heterocycles. The van der Waals surface area contributed by atoms with E-state index in [1.165, 1.54) is 0 Å². The second kappa shape index (κ2) is 7.48. The number of ether oxygens (including phenoxy) is 1. The molecule has 0 N–H and O–H groups in total. The Morgan fingerprint density at radius 1 is 1.50 bits per heavy atom. The summed E-state index contributed by atoms with van der Waals surface area (Å²) in [5.74, 6) is 1.46. The number of halogens is 1. The van der Waals surface area contributed by atoms with E-state index in [9.17, 15) is 9.00 Å². The van der Waals surface area contributed by atoms with Crippen molar-refractivity contribution in [2.24, 2.45) is 7.05 Å². The monoisotopic (exact) mass is 411 g/mol. The Hall–Kier alpha value is -1.67. The first-order chi connectivity index (χ1) is 11.5. The first-order valence-corrected chi connectivity index (χ1v) is 9.82. The number of nitrogens with zero attached hydrogens (tertiary/aromatic N) is 3. The average molecular weight is 412 g/mol. The largest absolute Gasteiger partial charge is 0.484 e. The highest BCUT2D eigenvalue weighted by Crippen LogP contribution is 2.25. The van der Waals surface area contributed by atoms with Crippen LogP contribution in [0.5, 0.6) is 5.75 Å². The highest BCUT2D eigenvalue weighted by atomic mass is 79.9. The van der Waals surface area contributed by atoms with Crippen LogP contribution < -0.4 is 4.74 Å². The zero-order chi connectivity index (χ0) is 17.1. The molecule has 2 atom stereocenters. The van der Waals surface area contributed by atoms with Crippen LogP contribution in [0.3, 0.4) is 0 Å². The van der Waals surface area contributed by atoms with E-state index in [0.29, 0.717) is 23.8 Å². The summed E-state index contributed by atoms with van der Waals surface area (Å²) in [5.41, 5.74) is 0.904. The van der Waals surface area contributed by atoms with Gasteiger partial charge >= 0.3 is 0 Å². The summed E-state index contributed by atoms with van der Waals surface area (Å²) in [6.45, 7) is 0.423. The molecule has 0 spiro atoms. The van der Waals surface area contributed by atoms with Gasteiger partial charge in [0.25, 0.3) is 5.91 Å². The van der Waals surface area contributed by atoms with Crippen LogP contribution in [0.25, 0.3) is 0 Å². The second-order valence-corrected chi connectivity index (χ2v) is 8.14. The maximum Gasteiger partial charge on any atom is 0.261 e. The fourth-order valence-corrected chi connectivity index (χ4v) is 4.35. The Labute approximate surface area is 151 Å². The topological polar surface area (TPSA) is 64.4 Å². The van der Waals surface area contributed by atoms with Crippen LogP contribution in [0.2, 0.25) is 0 Å². The summed E-state index contributed by atoms with van der Waals surface area (Å²) in [7, 11) is 0.906. The van der Waals surface area contributed by atoms with E-state index in [1.807, 2.05) is 37.5 Å². The van der Waals surface area contributed by atoms with Gasteiger partial charge in [0.05, 0.1) is 12.2 Å². The number of hydrogen-bond acceptors (Lipinski definition) is 4. The molecule has 1 aliphatic heterocycles. The third-order valence-electron chi connectivity index (χ3n) is 3.87. The van der Waals surface area contributed by atoms with Crippen molar-refractivity contribution >= 4 is 32.6 Å². The summed E-state index contributed by atoms with van der Waals surface area (Å²) in [5, 5.41) is 4.16. The molecule has 128 valence electrons. The molecule has 1 amide bonds. The molecule has 2 aromatic rings. The normalized spacial score (nSPS) is 20.8. The zero-order valence-corrected chi connectivity index (χ0v) is 15.6. The molecule has 1 aromatic carbocycles. The minimum atomic E-state index is -0.920. The zero-order valence-electron chi connectivity index (χ0n) is 13.2. The van der Waals surface area contributed by atoms with Gasteiger partial charge < -0.3 is 9.64 Å². The lowest BCUT2D eigenvalue weighted by atomic mass is 10.1. The lowest BCUT2D eigenvalue weighted by molar-refractivity contribution is -0.135. The maximum atomic E-state index is 12.6. The number of carbonyl (C=O) groups is 1. The van der Waals surface area contributed by atoms with E-state index in [-0.39, 0.29) is 18.6 Å². The van der Waals surface area contributed by atoms with E-state index in [0.717, 1.165) is 10.0 Å². The van der Waals surface area contributed by atoms with E-state index in [2.05, 4.69) is 21.0 Å². The number of aromatic nitrogens is 2. The number of carbonyl (C=O) groups excluding carboxylic acids is 1. The molecule has 24 heavy (non-hydrogen) atoms. The average Bonchev–Trinajstić information content (AvgIpc) is 2.99. The molecule has 1 saturated heterocycles. The SMILES string of the molecule is Cn1cc(C2CS(=O)CCN2C(=O)COc2cccc(Br)c2)cn1. The minimum Gasteiger partial charge on any atom is -0.484 e. The van der Waals surface area contributed by atoms with E-state index < -0.39 is 10.8 Å². The Bertz CT molecular complexity index is 765. The number of hydrogen-bond donors (Lipinski definition) is 0. The Kier molecular flexibility index (Phi) is 5.35. The molecular weight excluding hydrogens is 394 g/mol. The first kappa shape index (κ1) is 17.2. The summed E-state index contributed by atoms with van der Waals surface area (Å²) in [6, 6.07) is 7.16. The van der Waals surface area contributed by atoms with Crippen LogP contribution in [0.1, 0.15) is 11.6 Å². The quantitative estimate of drug-likeness (QED) is 0.770. The van der Waals surface area contributed by atoms with Crippen molar-refractivity contribution in [1.29, 1.82) is 0 Å². The number of amides is 1. The second-order valence-electron chi connectivity index (χ2n) is 5.61. The summed E-state index contributed by atoms with van der Waals surface area (Å²) < 4.78 is 20.1. The van der Waals surface area contributed by atoms with Crippen LogP contribution in [0.15, 0.2) is 41.1 Å². The Morgan fingerprint density at radius 2 is 2.33 bits per heavy atom. The van der Waals surface area contributed by atoms with Gasteiger partial charge in [-0.1, -0.05) is 22.0 Å². The van der Waals surface area contributed by atoms with Gasteiger partial charge in [0, 0.05) is 52.1 Å². The molecule has 0 bridgehead atoms. The van der Waals surface area contributed by atoms with Crippen molar-refractivity contribution in [2.75, 3.05) is 24.7 Å². The Balaban J connectivity index is 1.70. The van der Waals surface area contributed by atoms with Crippen molar-refractivity contribution in [3.05, 3.63) is 46.7 Å². The number of benzene rings is 1. The van der Waals surface area contributed by atoms with E-state index in [4.69, 9.17) is 4.74 Å². The highest BCUT2D eigenvalue weighted by Gasteiger charge is 2.32. The van der Waals surface area contributed by atoms with E-state index in [1.54, 1.807) is 15.8 Å². The molecule has 0 aliphatic carbocycles. The fraction of sp³-hybridized carbons (Fsp3) is 0.375. The van der Waals surface area contributed by atoms with Crippen molar-refractivity contribution in [3.63, 3.8) is 0 Å². The molecular formula is C16H18BrN3O3S. The van der Waals surface area contributed by atoms with Crippen molar-refractivity contribution in [1.82, 2.24) is 14.7 Å². The van der Waals surface area contributed by atoms with Crippen LogP contribution in [-0.2, 0) is 22.6 Å². The van der Waals surface area contributed by atoms with Gasteiger partial charge in [0.1, 0.15) is 5.75 Å². The third kappa shape index (κ3) is 4.05. The molecule has 3 rings (SSSR count). The molecule has 2 unspecified atom stereocenters. The lowest BCUT2D eigenvalue weighted by Crippen LogP contribution is -2.46. The summed E-state index contributed by atoms with van der Waals surface area (Å²) >= 11 is 3.38. The molecule has 1 aliphatic rings. The number of aryl methyl sites for hydroxylation is 1. The lowest BCUT2D eigenvalue weighted by Gasteiger charge is -2.34. The van der Waals surface area contributed by atoms with Crippen LogP contribution in [-0.4, -0.2) is 49.5 Å². The van der Waals surface area contributed by atoms with Gasteiger partial charge in [0.15, 0.2) is 6.61 Å². The van der Waals surface area contributed by atoms with Crippen molar-refractivity contribution in [3.8, 4) is 5.75 Å². The van der Waals surface area contributed by atoms with Crippen LogP contribution in [0.4, 0.5) is 0 Å². The molecule has 2 heterocycles. The van der Waals surface area contributed by atoms with Gasteiger partial charge in [-0.15, -0.1) is 0 Å². The smallest absolute Gasteiger partial charge is 0.261 e. The predicted molar refractivity (Wildman–Crippen MR) is 95.2 cm³/mol. The van der Waals surface area contributed by atoms with Crippen molar-refractivity contribution in [2.45, 2.75) is 6.04 Å². The molecule has 0 saturated carbocycles. The third-order valence-corrected chi connectivity index (χ3v) is 5.69. The number of rotatable bonds is 4. The standard InChI is InChI=1S/C16H18BrN3O3S/c1-19-9-12(8-18-19)15-11-24(22)6-5-20(15)16(21)10-23-14-4-2-3-13(17)7-14/h2-4,7-9,15H,5-6,10-11H2,1H3. The summed E-state index contributed by atoms with van der Waals surface area (Å²) in [4.78, 5) is 14.4. The first-order valence-electron chi connectivity index (χ1n) is 7.54. The van der Waals surface area contributed by atoms with Crippen LogP contribution in [0, 0.1) is 0 Å². The Morgan fingerprint density at radius 3 is 3.04 bits per heavy atom. The molecule has 8 heteroatoms. The molecule has 6 nitrogen and oxygen atoms in total.